The van der Waals surface area contributed by atoms with Crippen LogP contribution in [0.3, 0.4) is 0 Å². The molecule has 0 heterocycles. The first-order valence-electron chi connectivity index (χ1n) is 8.35. The zero-order valence-corrected chi connectivity index (χ0v) is 13.1. The zero-order valence-electron chi connectivity index (χ0n) is 13.1. The van der Waals surface area contributed by atoms with E-state index in [9.17, 15) is 5.11 Å². The van der Waals surface area contributed by atoms with Crippen LogP contribution in [-0.4, -0.2) is 17.3 Å². The van der Waals surface area contributed by atoms with E-state index in [1.165, 1.54) is 25.7 Å². The van der Waals surface area contributed by atoms with Crippen LogP contribution >= 0.6 is 0 Å². The van der Waals surface area contributed by atoms with Gasteiger partial charge in [-0.25, -0.2) is 0 Å². The molecule has 19 heavy (non-hydrogen) atoms. The molecular formula is C17H33NO. The minimum atomic E-state index is -0.491. The molecule has 2 nitrogen and oxygen atoms in total. The van der Waals surface area contributed by atoms with Crippen LogP contribution in [-0.2, 0) is 0 Å². The number of hydrogen-bond acceptors (Lipinski definition) is 2. The topological polar surface area (TPSA) is 46.2 Å². The van der Waals surface area contributed by atoms with Crippen molar-refractivity contribution in [1.29, 1.82) is 0 Å². The number of hydrogen-bond donors (Lipinski definition) is 2. The van der Waals surface area contributed by atoms with Crippen LogP contribution in [0.15, 0.2) is 0 Å². The maximum Gasteiger partial charge on any atom is 0.0718 e. The molecule has 0 saturated heterocycles. The minimum absolute atomic E-state index is 0.00701. The summed E-state index contributed by atoms with van der Waals surface area (Å²) >= 11 is 0. The Morgan fingerprint density at radius 3 is 2.32 bits per heavy atom. The molecule has 2 atom stereocenters. The largest absolute Gasteiger partial charge is 0.389 e. The predicted octanol–water partition coefficient (Wildman–Crippen LogP) is 3.72. The van der Waals surface area contributed by atoms with Gasteiger partial charge in [0.05, 0.1) is 5.60 Å². The van der Waals surface area contributed by atoms with Gasteiger partial charge in [0.15, 0.2) is 0 Å². The lowest BCUT2D eigenvalue weighted by Crippen LogP contribution is -2.56. The summed E-state index contributed by atoms with van der Waals surface area (Å²) in [4.78, 5) is 0. The van der Waals surface area contributed by atoms with E-state index in [-0.39, 0.29) is 5.41 Å². The van der Waals surface area contributed by atoms with Gasteiger partial charge in [-0.05, 0) is 49.9 Å². The van der Waals surface area contributed by atoms with Crippen LogP contribution in [0.2, 0.25) is 0 Å². The molecule has 0 amide bonds. The third-order valence-electron chi connectivity index (χ3n) is 6.32. The Bertz CT molecular complexity index is 294. The Balaban J connectivity index is 2.16. The second-order valence-electron chi connectivity index (χ2n) is 7.80. The molecule has 2 fully saturated rings. The van der Waals surface area contributed by atoms with E-state index < -0.39 is 5.60 Å². The maximum absolute atomic E-state index is 11.4. The van der Waals surface area contributed by atoms with Crippen molar-refractivity contribution in [2.75, 3.05) is 6.54 Å². The van der Waals surface area contributed by atoms with Crippen LogP contribution < -0.4 is 5.73 Å². The smallest absolute Gasteiger partial charge is 0.0718 e. The lowest BCUT2D eigenvalue weighted by molar-refractivity contribution is -0.140. The lowest BCUT2D eigenvalue weighted by atomic mass is 9.55. The molecule has 2 rings (SSSR count). The zero-order chi connectivity index (χ0) is 14.1. The molecule has 0 bridgehead atoms. The number of rotatable bonds is 3. The Hall–Kier alpha value is -0.0800. The van der Waals surface area contributed by atoms with Crippen molar-refractivity contribution in [1.82, 2.24) is 0 Å². The summed E-state index contributed by atoms with van der Waals surface area (Å²) < 4.78 is 0. The first-order chi connectivity index (χ1) is 8.92. The van der Waals surface area contributed by atoms with Gasteiger partial charge in [-0.2, -0.15) is 0 Å². The summed E-state index contributed by atoms with van der Waals surface area (Å²) in [6.45, 7) is 7.60. The predicted molar refractivity (Wildman–Crippen MR) is 80.9 cm³/mol. The number of aliphatic hydroxyl groups is 1. The van der Waals surface area contributed by atoms with Crippen LogP contribution in [0.1, 0.15) is 72.1 Å². The highest BCUT2D eigenvalue weighted by atomic mass is 16.3. The van der Waals surface area contributed by atoms with Crippen molar-refractivity contribution in [3.8, 4) is 0 Å². The van der Waals surface area contributed by atoms with E-state index in [2.05, 4.69) is 20.8 Å². The van der Waals surface area contributed by atoms with E-state index in [1.54, 1.807) is 0 Å². The van der Waals surface area contributed by atoms with E-state index in [0.29, 0.717) is 18.4 Å². The molecule has 0 aromatic carbocycles. The quantitative estimate of drug-likeness (QED) is 0.818. The highest BCUT2D eigenvalue weighted by Crippen LogP contribution is 2.53. The molecule has 3 N–H and O–H groups in total. The molecule has 0 aromatic rings. The molecule has 112 valence electrons. The summed E-state index contributed by atoms with van der Waals surface area (Å²) in [5.74, 6) is 2.18. The van der Waals surface area contributed by atoms with Crippen molar-refractivity contribution in [2.24, 2.45) is 28.9 Å². The Morgan fingerprint density at radius 1 is 1.16 bits per heavy atom. The highest BCUT2D eigenvalue weighted by molar-refractivity contribution is 5.04. The average molecular weight is 267 g/mol. The Kier molecular flexibility index (Phi) is 4.62. The molecule has 0 aromatic heterocycles. The van der Waals surface area contributed by atoms with Gasteiger partial charge in [-0.1, -0.05) is 40.0 Å². The van der Waals surface area contributed by atoms with E-state index in [1.807, 2.05) is 0 Å². The van der Waals surface area contributed by atoms with Crippen molar-refractivity contribution in [3.63, 3.8) is 0 Å². The van der Waals surface area contributed by atoms with Crippen LogP contribution in [0.5, 0.6) is 0 Å². The van der Waals surface area contributed by atoms with E-state index in [0.717, 1.165) is 31.6 Å². The molecule has 2 aliphatic rings. The summed E-state index contributed by atoms with van der Waals surface area (Å²) in [6.07, 6.45) is 9.17. The van der Waals surface area contributed by atoms with E-state index in [4.69, 9.17) is 5.73 Å². The molecule has 0 radical (unpaired) electrons. The van der Waals surface area contributed by atoms with E-state index >= 15 is 0 Å². The van der Waals surface area contributed by atoms with Gasteiger partial charge in [0.1, 0.15) is 0 Å². The molecule has 0 aliphatic heterocycles. The van der Waals surface area contributed by atoms with Gasteiger partial charge in [-0.15, -0.1) is 0 Å². The first-order valence-corrected chi connectivity index (χ1v) is 8.35. The van der Waals surface area contributed by atoms with Crippen molar-refractivity contribution in [2.45, 2.75) is 77.7 Å². The summed E-state index contributed by atoms with van der Waals surface area (Å²) in [5, 5.41) is 11.4. The van der Waals surface area contributed by atoms with Crippen LogP contribution in [0.25, 0.3) is 0 Å². The molecule has 2 aliphatic carbocycles. The van der Waals surface area contributed by atoms with Gasteiger partial charge in [0.25, 0.3) is 0 Å². The van der Waals surface area contributed by atoms with Gasteiger partial charge < -0.3 is 10.8 Å². The maximum atomic E-state index is 11.4. The fraction of sp³-hybridized carbons (Fsp3) is 1.00. The monoisotopic (exact) mass is 267 g/mol. The van der Waals surface area contributed by atoms with Gasteiger partial charge in [-0.3, -0.25) is 0 Å². The fourth-order valence-electron chi connectivity index (χ4n) is 4.52. The second-order valence-corrected chi connectivity index (χ2v) is 7.80. The number of nitrogens with two attached hydrogens (primary N) is 1. The highest BCUT2D eigenvalue weighted by Gasteiger charge is 2.52. The summed E-state index contributed by atoms with van der Waals surface area (Å²) in [7, 11) is 0. The average Bonchev–Trinajstić information content (AvgIpc) is 2.39. The van der Waals surface area contributed by atoms with Crippen molar-refractivity contribution in [3.05, 3.63) is 0 Å². The summed E-state index contributed by atoms with van der Waals surface area (Å²) in [6, 6.07) is 0. The minimum Gasteiger partial charge on any atom is -0.389 e. The molecule has 2 saturated carbocycles. The normalized spacial score (nSPS) is 44.5. The van der Waals surface area contributed by atoms with Crippen molar-refractivity contribution < 1.29 is 5.11 Å². The third-order valence-corrected chi connectivity index (χ3v) is 6.32. The third kappa shape index (κ3) is 2.85. The molecule has 2 heteroatoms. The van der Waals surface area contributed by atoms with Gasteiger partial charge in [0, 0.05) is 12.0 Å². The standard InChI is InChI=1S/C17H33NO/c1-13(2)15-5-4-8-17(19,11-15)16(12-18)9-6-14(3)7-10-16/h13-15,19H,4-12,18H2,1-3H3. The first kappa shape index (κ1) is 15.3. The second kappa shape index (κ2) is 5.73. The summed E-state index contributed by atoms with van der Waals surface area (Å²) in [5.41, 5.74) is 5.68. The van der Waals surface area contributed by atoms with Gasteiger partial charge in [0.2, 0.25) is 0 Å². The van der Waals surface area contributed by atoms with Crippen molar-refractivity contribution >= 4 is 0 Å². The Morgan fingerprint density at radius 2 is 1.79 bits per heavy atom. The van der Waals surface area contributed by atoms with Crippen LogP contribution in [0.4, 0.5) is 0 Å². The fourth-order valence-corrected chi connectivity index (χ4v) is 4.52. The van der Waals surface area contributed by atoms with Gasteiger partial charge >= 0.3 is 0 Å². The molecule has 0 spiro atoms. The Labute approximate surface area is 119 Å². The molecule has 2 unspecified atom stereocenters. The van der Waals surface area contributed by atoms with Crippen LogP contribution in [0, 0.1) is 23.2 Å². The lowest BCUT2D eigenvalue weighted by Gasteiger charge is -2.54. The SMILES string of the molecule is CC1CCC(CN)(C2(O)CCCC(C(C)C)C2)CC1. The molecular weight excluding hydrogens is 234 g/mol.